The van der Waals surface area contributed by atoms with Crippen LogP contribution in [0.5, 0.6) is 0 Å². The van der Waals surface area contributed by atoms with Crippen molar-refractivity contribution in [3.63, 3.8) is 0 Å². The van der Waals surface area contributed by atoms with Gasteiger partial charge >= 0.3 is 6.09 Å². The van der Waals surface area contributed by atoms with Crippen LogP contribution in [0.1, 0.15) is 34.9 Å². The van der Waals surface area contributed by atoms with Crippen molar-refractivity contribution in [2.45, 2.75) is 32.7 Å². The number of rotatable bonds is 6. The molecule has 2 aromatic heterocycles. The Hall–Kier alpha value is -2.81. The minimum Gasteiger partial charge on any atom is -0.450 e. The molecule has 2 aromatic rings. The fourth-order valence-corrected chi connectivity index (χ4v) is 4.32. The molecular weight excluding hydrogens is 378 g/mol. The summed E-state index contributed by atoms with van der Waals surface area (Å²) in [5.41, 5.74) is 2.99. The molecule has 9 heteroatoms. The average Bonchev–Trinajstić information content (AvgIpc) is 3.04. The molecule has 3 heterocycles. The van der Waals surface area contributed by atoms with Crippen LogP contribution in [-0.4, -0.2) is 53.3 Å². The Morgan fingerprint density at radius 1 is 1.39 bits per heavy atom. The quantitative estimate of drug-likeness (QED) is 0.751. The minimum absolute atomic E-state index is 0.0737. The van der Waals surface area contributed by atoms with E-state index in [1.54, 1.807) is 37.5 Å². The number of aliphatic imine (C=N–C) groups is 1. The zero-order valence-corrected chi connectivity index (χ0v) is 16.8. The average molecular weight is 401 g/mol. The zero-order valence-electron chi connectivity index (χ0n) is 16.0. The summed E-state index contributed by atoms with van der Waals surface area (Å²) in [6.07, 6.45) is 7.99. The number of carbonyl (C=O) groups excluding carboxylic acids is 2. The van der Waals surface area contributed by atoms with E-state index >= 15 is 0 Å². The summed E-state index contributed by atoms with van der Waals surface area (Å²) < 4.78 is 5.10. The first-order chi connectivity index (χ1) is 13.6. The van der Waals surface area contributed by atoms with Gasteiger partial charge in [-0.3, -0.25) is 9.79 Å². The Labute approximate surface area is 167 Å². The maximum Gasteiger partial charge on any atom is 0.410 e. The molecule has 0 saturated heterocycles. The molecule has 2 amide bonds. The van der Waals surface area contributed by atoms with Gasteiger partial charge < -0.3 is 15.0 Å². The number of thiophene rings is 1. The maximum absolute atomic E-state index is 12.4. The van der Waals surface area contributed by atoms with Crippen molar-refractivity contribution >= 4 is 34.6 Å². The van der Waals surface area contributed by atoms with Crippen molar-refractivity contribution in [3.8, 4) is 0 Å². The molecular formula is C19H23N5O3S. The summed E-state index contributed by atoms with van der Waals surface area (Å²) in [7, 11) is 1.71. The van der Waals surface area contributed by atoms with Gasteiger partial charge in [-0.1, -0.05) is 0 Å². The van der Waals surface area contributed by atoms with Crippen LogP contribution in [0.4, 0.5) is 9.80 Å². The van der Waals surface area contributed by atoms with Gasteiger partial charge in [0.05, 0.1) is 13.2 Å². The number of amides is 2. The predicted octanol–water partition coefficient (Wildman–Crippen LogP) is 2.67. The van der Waals surface area contributed by atoms with Crippen LogP contribution in [0, 0.1) is 0 Å². The Balaban J connectivity index is 1.71. The lowest BCUT2D eigenvalue weighted by Gasteiger charge is -2.26. The number of anilines is 1. The number of aromatic nitrogens is 2. The van der Waals surface area contributed by atoms with Crippen LogP contribution in [0.3, 0.4) is 0 Å². The van der Waals surface area contributed by atoms with Crippen LogP contribution < -0.4 is 5.32 Å². The van der Waals surface area contributed by atoms with E-state index in [1.807, 2.05) is 0 Å². The minimum atomic E-state index is -0.303. The third-order valence-electron chi connectivity index (χ3n) is 4.39. The third kappa shape index (κ3) is 4.72. The van der Waals surface area contributed by atoms with Crippen molar-refractivity contribution in [3.05, 3.63) is 40.3 Å². The molecule has 148 valence electrons. The van der Waals surface area contributed by atoms with E-state index in [0.29, 0.717) is 39.0 Å². The van der Waals surface area contributed by atoms with Crippen LogP contribution in [0.2, 0.25) is 0 Å². The molecule has 1 aliphatic heterocycles. The van der Waals surface area contributed by atoms with Crippen molar-refractivity contribution in [1.29, 1.82) is 0 Å². The number of nitrogens with one attached hydrogen (secondary N) is 1. The maximum atomic E-state index is 12.4. The SMILES string of the molecule is CCOC(=O)N1CCc2c(sc(NC(=O)CCc3cncnc3)c2C=NC)C1. The molecule has 3 rings (SSSR count). The number of carbonyl (C=O) groups is 2. The van der Waals surface area contributed by atoms with Gasteiger partial charge in [0.2, 0.25) is 5.91 Å². The Kier molecular flexibility index (Phi) is 6.70. The highest BCUT2D eigenvalue weighted by molar-refractivity contribution is 7.16. The highest BCUT2D eigenvalue weighted by Gasteiger charge is 2.27. The lowest BCUT2D eigenvalue weighted by molar-refractivity contribution is -0.116. The zero-order chi connectivity index (χ0) is 19.9. The molecule has 0 spiro atoms. The predicted molar refractivity (Wildman–Crippen MR) is 108 cm³/mol. The molecule has 0 aliphatic carbocycles. The van der Waals surface area contributed by atoms with Crippen molar-refractivity contribution in [1.82, 2.24) is 14.9 Å². The summed E-state index contributed by atoms with van der Waals surface area (Å²) >= 11 is 1.49. The van der Waals surface area contributed by atoms with Crippen LogP contribution >= 0.6 is 11.3 Å². The highest BCUT2D eigenvalue weighted by atomic mass is 32.1. The topological polar surface area (TPSA) is 96.8 Å². The molecule has 1 N–H and O–H groups in total. The fourth-order valence-electron chi connectivity index (χ4n) is 3.06. The summed E-state index contributed by atoms with van der Waals surface area (Å²) in [5.74, 6) is -0.0737. The van der Waals surface area contributed by atoms with E-state index in [9.17, 15) is 9.59 Å². The largest absolute Gasteiger partial charge is 0.450 e. The molecule has 0 saturated carbocycles. The summed E-state index contributed by atoms with van der Waals surface area (Å²) in [6.45, 7) is 3.23. The second-order valence-corrected chi connectivity index (χ2v) is 7.40. The molecule has 0 aromatic carbocycles. The third-order valence-corrected chi connectivity index (χ3v) is 5.54. The van der Waals surface area contributed by atoms with E-state index in [0.717, 1.165) is 26.6 Å². The van der Waals surface area contributed by atoms with Gasteiger partial charge in [0.1, 0.15) is 11.3 Å². The van der Waals surface area contributed by atoms with Crippen LogP contribution in [0.25, 0.3) is 0 Å². The van der Waals surface area contributed by atoms with Crippen LogP contribution in [-0.2, 0) is 28.9 Å². The lowest BCUT2D eigenvalue weighted by Crippen LogP contribution is -2.35. The summed E-state index contributed by atoms with van der Waals surface area (Å²) in [4.78, 5) is 39.3. The second-order valence-electron chi connectivity index (χ2n) is 6.30. The first-order valence-corrected chi connectivity index (χ1v) is 9.96. The van der Waals surface area contributed by atoms with Crippen LogP contribution in [0.15, 0.2) is 23.7 Å². The number of ether oxygens (including phenoxy) is 1. The van der Waals surface area contributed by atoms with Gasteiger partial charge in [0, 0.05) is 49.1 Å². The van der Waals surface area contributed by atoms with Crippen molar-refractivity contribution in [2.75, 3.05) is 25.5 Å². The molecule has 1 aliphatic rings. The number of fused-ring (bicyclic) bond motifs is 1. The second kappa shape index (κ2) is 9.41. The number of aryl methyl sites for hydroxylation is 1. The summed E-state index contributed by atoms with van der Waals surface area (Å²) in [6, 6.07) is 0. The van der Waals surface area contributed by atoms with Gasteiger partial charge in [-0.25, -0.2) is 14.8 Å². The monoisotopic (exact) mass is 401 g/mol. The molecule has 0 bridgehead atoms. The molecule has 28 heavy (non-hydrogen) atoms. The standard InChI is InChI=1S/C19H23N5O3S/c1-3-27-19(26)24-7-6-14-15(10-20-2)18(28-16(14)11-24)23-17(25)5-4-13-8-21-12-22-9-13/h8-10,12H,3-7,11H2,1-2H3,(H,23,25). The lowest BCUT2D eigenvalue weighted by atomic mass is 10.0. The van der Waals surface area contributed by atoms with E-state index in [2.05, 4.69) is 20.3 Å². The van der Waals surface area contributed by atoms with Crippen molar-refractivity contribution < 1.29 is 14.3 Å². The van der Waals surface area contributed by atoms with Gasteiger partial charge in [-0.05, 0) is 30.9 Å². The van der Waals surface area contributed by atoms with E-state index in [4.69, 9.17) is 4.74 Å². The Morgan fingerprint density at radius 2 is 2.18 bits per heavy atom. The number of hydrogen-bond acceptors (Lipinski definition) is 7. The number of hydrogen-bond donors (Lipinski definition) is 1. The van der Waals surface area contributed by atoms with E-state index in [-0.39, 0.29) is 12.0 Å². The molecule has 0 atom stereocenters. The molecule has 0 fully saturated rings. The Bertz CT molecular complexity index is 866. The van der Waals surface area contributed by atoms with Gasteiger partial charge in [0.25, 0.3) is 0 Å². The number of nitrogens with zero attached hydrogens (tertiary/aromatic N) is 4. The van der Waals surface area contributed by atoms with Gasteiger partial charge in [0.15, 0.2) is 0 Å². The smallest absolute Gasteiger partial charge is 0.410 e. The highest BCUT2D eigenvalue weighted by Crippen LogP contribution is 2.36. The fraction of sp³-hybridized carbons (Fsp3) is 0.421. The van der Waals surface area contributed by atoms with E-state index < -0.39 is 0 Å². The van der Waals surface area contributed by atoms with E-state index in [1.165, 1.54) is 17.7 Å². The molecule has 0 radical (unpaired) electrons. The first kappa shape index (κ1) is 19.9. The van der Waals surface area contributed by atoms with Gasteiger partial charge in [-0.2, -0.15) is 0 Å². The molecule has 0 unspecified atom stereocenters. The molecule has 8 nitrogen and oxygen atoms in total. The van der Waals surface area contributed by atoms with Crippen molar-refractivity contribution in [2.24, 2.45) is 4.99 Å². The Morgan fingerprint density at radius 3 is 2.89 bits per heavy atom. The summed E-state index contributed by atoms with van der Waals surface area (Å²) in [5, 5.41) is 3.78. The van der Waals surface area contributed by atoms with Gasteiger partial charge in [-0.15, -0.1) is 11.3 Å². The normalized spacial score (nSPS) is 13.4. The first-order valence-electron chi connectivity index (χ1n) is 9.14.